The van der Waals surface area contributed by atoms with E-state index in [1.54, 1.807) is 7.05 Å². The molecule has 1 aliphatic rings. The van der Waals surface area contributed by atoms with Crippen molar-refractivity contribution in [3.8, 4) is 0 Å². The average Bonchev–Trinajstić information content (AvgIpc) is 2.27. The summed E-state index contributed by atoms with van der Waals surface area (Å²) in [4.78, 5) is 25.1. The number of nitrogens with zero attached hydrogens (tertiary/aromatic N) is 1. The monoisotopic (exact) mass is 271 g/mol. The van der Waals surface area contributed by atoms with E-state index in [4.69, 9.17) is 4.74 Å². The van der Waals surface area contributed by atoms with Gasteiger partial charge in [0.25, 0.3) is 0 Å². The highest BCUT2D eigenvalue weighted by Gasteiger charge is 2.22. The Labute approximate surface area is 114 Å². The second-order valence-electron chi connectivity index (χ2n) is 5.95. The molecule has 0 aromatic heterocycles. The van der Waals surface area contributed by atoms with E-state index in [1.165, 1.54) is 4.90 Å². The maximum atomic E-state index is 12.0. The molecule has 0 aromatic rings. The maximum absolute atomic E-state index is 12.0. The molecule has 1 atom stereocenters. The minimum Gasteiger partial charge on any atom is -0.375 e. The number of carbonyl (C=O) groups is 2. The van der Waals surface area contributed by atoms with E-state index in [9.17, 15) is 9.59 Å². The molecule has 2 N–H and O–H groups in total. The summed E-state index contributed by atoms with van der Waals surface area (Å²) in [6.07, 6.45) is 0.223. The Morgan fingerprint density at radius 1 is 1.42 bits per heavy atom. The van der Waals surface area contributed by atoms with E-state index in [-0.39, 0.29) is 30.0 Å². The highest BCUT2D eigenvalue weighted by atomic mass is 16.5. The van der Waals surface area contributed by atoms with Crippen LogP contribution < -0.4 is 10.6 Å². The number of nitrogens with one attached hydrogen (secondary N) is 2. The topological polar surface area (TPSA) is 70.7 Å². The van der Waals surface area contributed by atoms with Crippen LogP contribution in [0, 0.1) is 0 Å². The third-order valence-electron chi connectivity index (χ3n) is 2.73. The van der Waals surface area contributed by atoms with Gasteiger partial charge < -0.3 is 20.3 Å². The molecule has 0 saturated carbocycles. The summed E-state index contributed by atoms with van der Waals surface area (Å²) >= 11 is 0. The van der Waals surface area contributed by atoms with Crippen molar-refractivity contribution in [1.29, 1.82) is 0 Å². The van der Waals surface area contributed by atoms with Gasteiger partial charge >= 0.3 is 0 Å². The quantitative estimate of drug-likeness (QED) is 0.739. The van der Waals surface area contributed by atoms with E-state index >= 15 is 0 Å². The molecule has 1 unspecified atom stereocenters. The summed E-state index contributed by atoms with van der Waals surface area (Å²) < 4.78 is 5.47. The van der Waals surface area contributed by atoms with Gasteiger partial charge in [-0.05, 0) is 20.8 Å². The predicted molar refractivity (Wildman–Crippen MR) is 72.8 cm³/mol. The van der Waals surface area contributed by atoms with Crippen LogP contribution in [0.1, 0.15) is 27.2 Å². The lowest BCUT2D eigenvalue weighted by Gasteiger charge is -2.26. The van der Waals surface area contributed by atoms with Gasteiger partial charge in [-0.15, -0.1) is 0 Å². The molecule has 1 fully saturated rings. The second kappa shape index (κ2) is 6.86. The molecule has 6 nitrogen and oxygen atoms in total. The third-order valence-corrected chi connectivity index (χ3v) is 2.73. The highest BCUT2D eigenvalue weighted by molar-refractivity contribution is 5.85. The summed E-state index contributed by atoms with van der Waals surface area (Å²) in [5.41, 5.74) is -0.280. The third kappa shape index (κ3) is 6.54. The first-order chi connectivity index (χ1) is 8.78. The molecule has 0 bridgehead atoms. The normalized spacial score (nSPS) is 19.9. The van der Waals surface area contributed by atoms with E-state index in [1.807, 2.05) is 20.8 Å². The van der Waals surface area contributed by atoms with Crippen LogP contribution in [0.2, 0.25) is 0 Å². The molecule has 6 heteroatoms. The Hall–Kier alpha value is -1.14. The molecular formula is C13H25N3O3. The van der Waals surface area contributed by atoms with E-state index in [0.717, 1.165) is 6.54 Å². The van der Waals surface area contributed by atoms with Crippen molar-refractivity contribution in [2.24, 2.45) is 0 Å². The summed E-state index contributed by atoms with van der Waals surface area (Å²) in [5, 5.41) is 6.01. The Balaban J connectivity index is 2.33. The maximum Gasteiger partial charge on any atom is 0.240 e. The fourth-order valence-corrected chi connectivity index (χ4v) is 1.86. The predicted octanol–water partition coefficient (Wildman–Crippen LogP) is -0.262. The number of hydrogen-bond acceptors (Lipinski definition) is 4. The molecule has 1 heterocycles. The zero-order valence-corrected chi connectivity index (χ0v) is 12.3. The number of carbonyl (C=O) groups excluding carboxylic acids is 2. The number of amides is 2. The van der Waals surface area contributed by atoms with Crippen LogP contribution in [0.15, 0.2) is 0 Å². The molecule has 1 rings (SSSR count). The van der Waals surface area contributed by atoms with Crippen molar-refractivity contribution < 1.29 is 14.3 Å². The Kier molecular flexibility index (Phi) is 5.75. The number of morpholine rings is 1. The minimum absolute atomic E-state index is 0.0715. The van der Waals surface area contributed by atoms with Gasteiger partial charge in [0.1, 0.15) is 0 Å². The van der Waals surface area contributed by atoms with Gasteiger partial charge in [0.2, 0.25) is 11.8 Å². The van der Waals surface area contributed by atoms with E-state index < -0.39 is 0 Å². The number of ether oxygens (including phenoxy) is 1. The van der Waals surface area contributed by atoms with Crippen LogP contribution >= 0.6 is 0 Å². The molecule has 110 valence electrons. The zero-order chi connectivity index (χ0) is 14.5. The van der Waals surface area contributed by atoms with Crippen molar-refractivity contribution in [2.45, 2.75) is 38.8 Å². The van der Waals surface area contributed by atoms with Gasteiger partial charge in [0, 0.05) is 25.7 Å². The molecule has 0 spiro atoms. The molecule has 19 heavy (non-hydrogen) atoms. The number of likely N-dealkylation sites (N-methyl/N-ethyl adjacent to an activating group) is 1. The largest absolute Gasteiger partial charge is 0.375 e. The molecule has 2 amide bonds. The lowest BCUT2D eigenvalue weighted by molar-refractivity contribution is -0.137. The fourth-order valence-electron chi connectivity index (χ4n) is 1.86. The fraction of sp³-hybridized carbons (Fsp3) is 0.846. The van der Waals surface area contributed by atoms with Crippen LogP contribution in [0.25, 0.3) is 0 Å². The standard InChI is InChI=1S/C13H25N3O3/c1-13(2,3)15-11(17)9-16(4)12(18)7-10-8-14-5-6-19-10/h10,14H,5-9H2,1-4H3,(H,15,17). The van der Waals surface area contributed by atoms with Gasteiger partial charge in [0.05, 0.1) is 25.7 Å². The van der Waals surface area contributed by atoms with Crippen LogP contribution in [-0.4, -0.2) is 61.6 Å². The van der Waals surface area contributed by atoms with E-state index in [2.05, 4.69) is 10.6 Å². The number of hydrogen-bond donors (Lipinski definition) is 2. The Bertz CT molecular complexity index is 320. The Morgan fingerprint density at radius 3 is 2.63 bits per heavy atom. The van der Waals surface area contributed by atoms with Gasteiger partial charge in [-0.25, -0.2) is 0 Å². The van der Waals surface area contributed by atoms with Crippen LogP contribution in [0.5, 0.6) is 0 Å². The number of rotatable bonds is 4. The molecule has 1 saturated heterocycles. The lowest BCUT2D eigenvalue weighted by atomic mass is 10.1. The molecule has 0 aliphatic carbocycles. The van der Waals surface area contributed by atoms with E-state index in [0.29, 0.717) is 19.6 Å². The van der Waals surface area contributed by atoms with Crippen LogP contribution in [0.4, 0.5) is 0 Å². The smallest absolute Gasteiger partial charge is 0.240 e. The summed E-state index contributed by atoms with van der Waals surface area (Å²) in [6.45, 7) is 7.96. The van der Waals surface area contributed by atoms with Crippen molar-refractivity contribution in [3.05, 3.63) is 0 Å². The van der Waals surface area contributed by atoms with Gasteiger partial charge in [0.15, 0.2) is 0 Å². The first kappa shape index (κ1) is 15.9. The highest BCUT2D eigenvalue weighted by Crippen LogP contribution is 2.04. The molecule has 1 aliphatic heterocycles. The SMILES string of the molecule is CN(CC(=O)NC(C)(C)C)C(=O)CC1CNCCO1. The van der Waals surface area contributed by atoms with Crippen LogP contribution in [0.3, 0.4) is 0 Å². The van der Waals surface area contributed by atoms with Crippen LogP contribution in [-0.2, 0) is 14.3 Å². The average molecular weight is 271 g/mol. The van der Waals surface area contributed by atoms with Gasteiger partial charge in [-0.2, -0.15) is 0 Å². The molecule has 0 radical (unpaired) electrons. The second-order valence-corrected chi connectivity index (χ2v) is 5.95. The summed E-state index contributed by atoms with van der Waals surface area (Å²) in [6, 6.07) is 0. The first-order valence-corrected chi connectivity index (χ1v) is 6.65. The Morgan fingerprint density at radius 2 is 2.11 bits per heavy atom. The van der Waals surface area contributed by atoms with Crippen molar-refractivity contribution in [3.63, 3.8) is 0 Å². The van der Waals surface area contributed by atoms with Crippen molar-refractivity contribution >= 4 is 11.8 Å². The van der Waals surface area contributed by atoms with Crippen molar-refractivity contribution in [1.82, 2.24) is 15.5 Å². The molecular weight excluding hydrogens is 246 g/mol. The van der Waals surface area contributed by atoms with Gasteiger partial charge in [-0.3, -0.25) is 9.59 Å². The summed E-state index contributed by atoms with van der Waals surface area (Å²) in [5.74, 6) is -0.219. The first-order valence-electron chi connectivity index (χ1n) is 6.65. The molecule has 0 aromatic carbocycles. The summed E-state index contributed by atoms with van der Waals surface area (Å²) in [7, 11) is 1.64. The zero-order valence-electron chi connectivity index (χ0n) is 12.3. The van der Waals surface area contributed by atoms with Crippen molar-refractivity contribution in [2.75, 3.05) is 33.3 Å². The lowest BCUT2D eigenvalue weighted by Crippen LogP contribution is -2.47. The minimum atomic E-state index is -0.280. The van der Waals surface area contributed by atoms with Gasteiger partial charge in [-0.1, -0.05) is 0 Å².